The lowest BCUT2D eigenvalue weighted by atomic mass is 9.96. The molecule has 2 unspecified atom stereocenters. The number of sulfone groups is 1. The molecule has 1 aliphatic carbocycles. The average molecular weight is 309 g/mol. The maximum Gasteiger partial charge on any atom is 0.182 e. The molecule has 0 bridgehead atoms. The monoisotopic (exact) mass is 309 g/mol. The molecule has 118 valence electrons. The molecule has 0 aliphatic heterocycles. The molecule has 0 saturated heterocycles. The number of hydrogen-bond acceptors (Lipinski definition) is 3. The van der Waals surface area contributed by atoms with Crippen LogP contribution in [0.1, 0.15) is 51.0 Å². The molecule has 0 heterocycles. The highest BCUT2D eigenvalue weighted by Gasteiger charge is 2.34. The Morgan fingerprint density at radius 2 is 1.67 bits per heavy atom. The summed E-state index contributed by atoms with van der Waals surface area (Å²) < 4.78 is 26.0. The van der Waals surface area contributed by atoms with Crippen molar-refractivity contribution in [3.05, 3.63) is 29.8 Å². The highest BCUT2D eigenvalue weighted by Crippen LogP contribution is 2.28. The predicted octanol–water partition coefficient (Wildman–Crippen LogP) is 3.47. The zero-order valence-corrected chi connectivity index (χ0v) is 14.0. The summed E-state index contributed by atoms with van der Waals surface area (Å²) in [7, 11) is -3.25. The Labute approximate surface area is 129 Å². The van der Waals surface area contributed by atoms with Gasteiger partial charge in [-0.25, -0.2) is 8.42 Å². The zero-order valence-electron chi connectivity index (χ0n) is 13.1. The van der Waals surface area contributed by atoms with Crippen LogP contribution in [0, 0.1) is 6.92 Å². The topological polar surface area (TPSA) is 46.2 Å². The summed E-state index contributed by atoms with van der Waals surface area (Å²) in [5, 5.41) is 3.12. The fourth-order valence-corrected chi connectivity index (χ4v) is 5.23. The minimum absolute atomic E-state index is 0.0848. The molecular weight excluding hydrogens is 282 g/mol. The molecule has 1 aromatic carbocycles. The second-order valence-corrected chi connectivity index (χ2v) is 8.22. The van der Waals surface area contributed by atoms with Crippen LogP contribution in [-0.4, -0.2) is 26.3 Å². The molecule has 2 rings (SSSR count). The Morgan fingerprint density at radius 3 is 2.29 bits per heavy atom. The number of rotatable bonds is 4. The van der Waals surface area contributed by atoms with Crippen LogP contribution in [0.25, 0.3) is 0 Å². The van der Waals surface area contributed by atoms with Crippen molar-refractivity contribution >= 4 is 9.84 Å². The number of benzene rings is 1. The highest BCUT2D eigenvalue weighted by atomic mass is 32.2. The fourth-order valence-electron chi connectivity index (χ4n) is 3.22. The van der Waals surface area contributed by atoms with E-state index < -0.39 is 9.84 Å². The van der Waals surface area contributed by atoms with Gasteiger partial charge in [-0.05, 0) is 38.4 Å². The standard InChI is InChI=1S/C17H27NO2S/c1-3-18-16-8-6-4-5-7-9-17(16)21(19,20)15-12-10-14(2)11-13-15/h10-13,16-18H,3-9H2,1-2H3. The van der Waals surface area contributed by atoms with Crippen molar-refractivity contribution in [3.63, 3.8) is 0 Å². The molecule has 3 nitrogen and oxygen atoms in total. The minimum Gasteiger partial charge on any atom is -0.313 e. The second-order valence-electron chi connectivity index (χ2n) is 6.05. The van der Waals surface area contributed by atoms with Gasteiger partial charge in [-0.3, -0.25) is 0 Å². The lowest BCUT2D eigenvalue weighted by Gasteiger charge is -2.29. The summed E-state index contributed by atoms with van der Waals surface area (Å²) in [6.07, 6.45) is 6.24. The third-order valence-electron chi connectivity index (χ3n) is 4.42. The Morgan fingerprint density at radius 1 is 1.05 bits per heavy atom. The molecule has 0 amide bonds. The summed E-state index contributed by atoms with van der Waals surface area (Å²) in [4.78, 5) is 0.474. The lowest BCUT2D eigenvalue weighted by Crippen LogP contribution is -2.44. The number of nitrogens with one attached hydrogen (secondary N) is 1. The Kier molecular flexibility index (Phi) is 5.82. The molecule has 0 aromatic heterocycles. The summed E-state index contributed by atoms with van der Waals surface area (Å²) >= 11 is 0. The molecule has 0 spiro atoms. The number of hydrogen-bond donors (Lipinski definition) is 1. The van der Waals surface area contributed by atoms with E-state index in [1.165, 1.54) is 6.42 Å². The van der Waals surface area contributed by atoms with E-state index in [0.717, 1.165) is 44.2 Å². The van der Waals surface area contributed by atoms with Gasteiger partial charge in [-0.1, -0.05) is 50.3 Å². The van der Waals surface area contributed by atoms with Gasteiger partial charge in [0.1, 0.15) is 0 Å². The van der Waals surface area contributed by atoms with E-state index in [0.29, 0.717) is 4.90 Å². The second kappa shape index (κ2) is 7.41. The Hall–Kier alpha value is -0.870. The summed E-state index contributed by atoms with van der Waals surface area (Å²) in [6, 6.07) is 7.37. The van der Waals surface area contributed by atoms with Crippen LogP contribution < -0.4 is 5.32 Å². The SMILES string of the molecule is CCNC1CCCCCCC1S(=O)(=O)c1ccc(C)cc1. The van der Waals surface area contributed by atoms with Crippen molar-refractivity contribution < 1.29 is 8.42 Å². The van der Waals surface area contributed by atoms with Gasteiger partial charge >= 0.3 is 0 Å². The minimum atomic E-state index is -3.25. The maximum atomic E-state index is 13.0. The van der Waals surface area contributed by atoms with Crippen molar-refractivity contribution in [3.8, 4) is 0 Å². The van der Waals surface area contributed by atoms with E-state index in [4.69, 9.17) is 0 Å². The van der Waals surface area contributed by atoms with Gasteiger partial charge in [0.25, 0.3) is 0 Å². The van der Waals surface area contributed by atoms with E-state index in [9.17, 15) is 8.42 Å². The van der Waals surface area contributed by atoms with E-state index in [1.807, 2.05) is 26.0 Å². The third kappa shape index (κ3) is 4.07. The molecule has 21 heavy (non-hydrogen) atoms. The van der Waals surface area contributed by atoms with E-state index in [1.54, 1.807) is 12.1 Å². The van der Waals surface area contributed by atoms with Crippen LogP contribution >= 0.6 is 0 Å². The quantitative estimate of drug-likeness (QED) is 0.926. The van der Waals surface area contributed by atoms with E-state index in [-0.39, 0.29) is 11.3 Å². The molecule has 1 N–H and O–H groups in total. The van der Waals surface area contributed by atoms with Crippen molar-refractivity contribution in [2.24, 2.45) is 0 Å². The Balaban J connectivity index is 2.30. The van der Waals surface area contributed by atoms with Crippen LogP contribution in [0.4, 0.5) is 0 Å². The lowest BCUT2D eigenvalue weighted by molar-refractivity contribution is 0.392. The van der Waals surface area contributed by atoms with Gasteiger partial charge in [0, 0.05) is 6.04 Å². The van der Waals surface area contributed by atoms with Crippen LogP contribution in [0.3, 0.4) is 0 Å². The van der Waals surface area contributed by atoms with Gasteiger partial charge in [-0.15, -0.1) is 0 Å². The molecule has 2 atom stereocenters. The summed E-state index contributed by atoms with van der Waals surface area (Å²) in [6.45, 7) is 4.85. The summed E-state index contributed by atoms with van der Waals surface area (Å²) in [5.41, 5.74) is 1.09. The van der Waals surface area contributed by atoms with Crippen molar-refractivity contribution in [2.75, 3.05) is 6.54 Å². The molecular formula is C17H27NO2S. The van der Waals surface area contributed by atoms with Gasteiger partial charge in [0.2, 0.25) is 0 Å². The highest BCUT2D eigenvalue weighted by molar-refractivity contribution is 7.92. The first kappa shape index (κ1) is 16.5. The molecule has 1 aromatic rings. The first-order valence-corrected chi connectivity index (χ1v) is 9.64. The van der Waals surface area contributed by atoms with Crippen molar-refractivity contribution in [1.82, 2.24) is 5.32 Å². The third-order valence-corrected chi connectivity index (χ3v) is 6.71. The van der Waals surface area contributed by atoms with Crippen molar-refractivity contribution in [1.29, 1.82) is 0 Å². The molecule has 0 radical (unpaired) electrons. The first-order valence-electron chi connectivity index (χ1n) is 8.09. The van der Waals surface area contributed by atoms with E-state index >= 15 is 0 Å². The number of aryl methyl sites for hydroxylation is 1. The smallest absolute Gasteiger partial charge is 0.182 e. The van der Waals surface area contributed by atoms with Gasteiger partial charge < -0.3 is 5.32 Å². The first-order chi connectivity index (χ1) is 10.1. The molecule has 1 aliphatic rings. The molecule has 1 saturated carbocycles. The van der Waals surface area contributed by atoms with Gasteiger partial charge in [0.15, 0.2) is 9.84 Å². The van der Waals surface area contributed by atoms with Crippen LogP contribution in [0.5, 0.6) is 0 Å². The van der Waals surface area contributed by atoms with Crippen LogP contribution in [-0.2, 0) is 9.84 Å². The summed E-state index contributed by atoms with van der Waals surface area (Å²) in [5.74, 6) is 0. The predicted molar refractivity (Wildman–Crippen MR) is 87.3 cm³/mol. The fraction of sp³-hybridized carbons (Fsp3) is 0.647. The largest absolute Gasteiger partial charge is 0.313 e. The molecule has 1 fully saturated rings. The molecule has 4 heteroatoms. The maximum absolute atomic E-state index is 13.0. The van der Waals surface area contributed by atoms with Gasteiger partial charge in [0.05, 0.1) is 10.1 Å². The van der Waals surface area contributed by atoms with Crippen molar-refractivity contribution in [2.45, 2.75) is 68.6 Å². The van der Waals surface area contributed by atoms with Crippen LogP contribution in [0.2, 0.25) is 0 Å². The van der Waals surface area contributed by atoms with Gasteiger partial charge in [-0.2, -0.15) is 0 Å². The normalized spacial score (nSPS) is 24.3. The Bertz CT molecular complexity index is 536. The zero-order chi connectivity index (χ0) is 15.3. The van der Waals surface area contributed by atoms with Crippen LogP contribution in [0.15, 0.2) is 29.2 Å². The van der Waals surface area contributed by atoms with E-state index in [2.05, 4.69) is 5.32 Å². The average Bonchev–Trinajstić information content (AvgIpc) is 2.42.